The molecular weight excluding hydrogens is 558 g/mol. The van der Waals surface area contributed by atoms with Crippen LogP contribution in [0.15, 0.2) is 164 Å². The van der Waals surface area contributed by atoms with Crippen LogP contribution in [0.2, 0.25) is 0 Å². The van der Waals surface area contributed by atoms with Crippen molar-refractivity contribution in [1.82, 2.24) is 14.1 Å². The summed E-state index contributed by atoms with van der Waals surface area (Å²) in [7, 11) is 0. The molecule has 0 spiro atoms. The molecule has 9 aromatic rings. The highest BCUT2D eigenvalue weighted by molar-refractivity contribution is 6.22. The normalized spacial score (nSPS) is 11.9. The average molecular weight is 586 g/mol. The zero-order valence-corrected chi connectivity index (χ0v) is 24.9. The molecule has 0 radical (unpaired) electrons. The zero-order chi connectivity index (χ0) is 30.2. The molecule has 0 N–H and O–H groups in total. The predicted octanol–water partition coefficient (Wildman–Crippen LogP) is 11.1. The molecule has 1 aliphatic rings. The van der Waals surface area contributed by atoms with Gasteiger partial charge in [0.15, 0.2) is 0 Å². The number of benzene rings is 6. The number of para-hydroxylation sites is 3. The summed E-state index contributed by atoms with van der Waals surface area (Å²) in [4.78, 5) is 5.63. The van der Waals surface area contributed by atoms with Crippen LogP contribution in [-0.4, -0.2) is 14.1 Å². The average Bonchev–Trinajstić information content (AvgIpc) is 3.64. The van der Waals surface area contributed by atoms with Gasteiger partial charge in [0, 0.05) is 33.0 Å². The molecule has 0 fully saturated rings. The lowest BCUT2D eigenvalue weighted by Crippen LogP contribution is -2.05. The summed E-state index contributed by atoms with van der Waals surface area (Å²) in [6.07, 6.45) is 0. The number of pyridine rings is 1. The van der Waals surface area contributed by atoms with Crippen LogP contribution in [0.25, 0.3) is 89.0 Å². The first-order chi connectivity index (χ1) is 22.9. The predicted molar refractivity (Wildman–Crippen MR) is 191 cm³/mol. The van der Waals surface area contributed by atoms with Gasteiger partial charge >= 0.3 is 0 Å². The maximum atomic E-state index is 5.63. The number of rotatable bonds is 2. The minimum atomic E-state index is 0.895. The summed E-state index contributed by atoms with van der Waals surface area (Å²) >= 11 is 0. The zero-order valence-electron chi connectivity index (χ0n) is 24.9. The Morgan fingerprint density at radius 2 is 0.804 bits per heavy atom. The second-order valence-electron chi connectivity index (χ2n) is 11.9. The van der Waals surface area contributed by atoms with Crippen LogP contribution in [0.3, 0.4) is 0 Å². The van der Waals surface area contributed by atoms with E-state index in [4.69, 9.17) is 4.98 Å². The summed E-state index contributed by atoms with van der Waals surface area (Å²) in [5.74, 6) is 0.895. The molecule has 214 valence electrons. The lowest BCUT2D eigenvalue weighted by atomic mass is 9.83. The Labute approximate surface area is 266 Å². The van der Waals surface area contributed by atoms with Gasteiger partial charge in [-0.3, -0.25) is 9.13 Å². The van der Waals surface area contributed by atoms with Crippen molar-refractivity contribution in [3.63, 3.8) is 0 Å². The van der Waals surface area contributed by atoms with Crippen LogP contribution in [-0.2, 0) is 0 Å². The third-order valence-corrected chi connectivity index (χ3v) is 9.51. The van der Waals surface area contributed by atoms with E-state index in [0.29, 0.717) is 0 Å². The minimum absolute atomic E-state index is 0.895. The second-order valence-corrected chi connectivity index (χ2v) is 11.9. The molecular formula is C43H27N3. The summed E-state index contributed by atoms with van der Waals surface area (Å²) in [5.41, 5.74) is 13.9. The minimum Gasteiger partial charge on any atom is -0.295 e. The van der Waals surface area contributed by atoms with Gasteiger partial charge in [-0.1, -0.05) is 127 Å². The third-order valence-electron chi connectivity index (χ3n) is 9.51. The highest BCUT2D eigenvalue weighted by Gasteiger charge is 2.26. The summed E-state index contributed by atoms with van der Waals surface area (Å²) < 4.78 is 4.75. The van der Waals surface area contributed by atoms with Crippen molar-refractivity contribution in [1.29, 1.82) is 0 Å². The van der Waals surface area contributed by atoms with Crippen molar-refractivity contribution in [2.45, 2.75) is 0 Å². The molecule has 0 amide bonds. The van der Waals surface area contributed by atoms with Crippen LogP contribution in [0.1, 0.15) is 0 Å². The molecule has 0 aliphatic heterocycles. The van der Waals surface area contributed by atoms with E-state index in [-0.39, 0.29) is 0 Å². The Balaban J connectivity index is 1.35. The number of hydrogen-bond donors (Lipinski definition) is 0. The lowest BCUT2D eigenvalue weighted by Gasteiger charge is -2.23. The molecule has 0 bridgehead atoms. The summed E-state index contributed by atoms with van der Waals surface area (Å²) in [6.45, 7) is 0. The standard InChI is InChI=1S/C43H27N3/c1-2-14-28(15-3-1)45-38-24-12-10-22-36(38)41-37-23-11-13-25-39(37)46(43(41)45)40-27-26-35-33-20-7-6-18-31(33)29-16-4-5-17-30(29)32-19-8-9-21-34(32)42(35)44-40/h1-27H. The van der Waals surface area contributed by atoms with E-state index >= 15 is 0 Å². The first-order valence-corrected chi connectivity index (χ1v) is 15.7. The first kappa shape index (κ1) is 25.2. The van der Waals surface area contributed by atoms with Crippen molar-refractivity contribution in [2.24, 2.45) is 0 Å². The molecule has 0 atom stereocenters. The van der Waals surface area contributed by atoms with Crippen molar-refractivity contribution >= 4 is 32.8 Å². The Morgan fingerprint density at radius 3 is 1.41 bits per heavy atom. The van der Waals surface area contributed by atoms with Gasteiger partial charge in [0.1, 0.15) is 11.5 Å². The molecule has 46 heavy (non-hydrogen) atoms. The van der Waals surface area contributed by atoms with Gasteiger partial charge in [-0.2, -0.15) is 0 Å². The molecule has 10 rings (SSSR count). The number of nitrogens with zero attached hydrogens (tertiary/aromatic N) is 3. The largest absolute Gasteiger partial charge is 0.295 e. The SMILES string of the molecule is c1ccc(-n2c3ccccc3c3c4ccccc4n(-c4ccc5c(n4)-c4ccccc4-c4ccccc4-c4ccccc4-5)c32)cc1. The molecule has 1 aliphatic carbocycles. The van der Waals surface area contributed by atoms with E-state index < -0.39 is 0 Å². The van der Waals surface area contributed by atoms with Crippen molar-refractivity contribution in [3.8, 4) is 56.1 Å². The lowest BCUT2D eigenvalue weighted by molar-refractivity contribution is 1.02. The maximum absolute atomic E-state index is 5.63. The topological polar surface area (TPSA) is 22.8 Å². The third kappa shape index (κ3) is 3.45. The second kappa shape index (κ2) is 9.65. The van der Waals surface area contributed by atoms with E-state index in [1.807, 2.05) is 0 Å². The molecule has 3 heteroatoms. The van der Waals surface area contributed by atoms with E-state index in [1.165, 1.54) is 49.5 Å². The van der Waals surface area contributed by atoms with Gasteiger partial charge < -0.3 is 0 Å². The highest BCUT2D eigenvalue weighted by Crippen LogP contribution is 2.48. The molecule has 3 heterocycles. The Hall–Kier alpha value is -6.19. The van der Waals surface area contributed by atoms with Crippen molar-refractivity contribution < 1.29 is 0 Å². The van der Waals surface area contributed by atoms with Gasteiger partial charge in [0.05, 0.1) is 16.7 Å². The fourth-order valence-electron chi connectivity index (χ4n) is 7.59. The first-order valence-electron chi connectivity index (χ1n) is 15.7. The quantitative estimate of drug-likeness (QED) is 0.198. The molecule has 6 aromatic carbocycles. The van der Waals surface area contributed by atoms with Crippen molar-refractivity contribution in [3.05, 3.63) is 164 Å². The van der Waals surface area contributed by atoms with E-state index in [9.17, 15) is 0 Å². The van der Waals surface area contributed by atoms with Crippen LogP contribution in [0.4, 0.5) is 0 Å². The Morgan fingerprint density at radius 1 is 0.348 bits per heavy atom. The Bertz CT molecular complexity index is 2630. The van der Waals surface area contributed by atoms with Gasteiger partial charge in [-0.15, -0.1) is 0 Å². The van der Waals surface area contributed by atoms with Crippen molar-refractivity contribution in [2.75, 3.05) is 0 Å². The van der Waals surface area contributed by atoms with Gasteiger partial charge in [0.2, 0.25) is 0 Å². The number of fused-ring (bicyclic) bond motifs is 13. The van der Waals surface area contributed by atoms with E-state index in [2.05, 4.69) is 173 Å². The van der Waals surface area contributed by atoms with Gasteiger partial charge in [-0.25, -0.2) is 4.98 Å². The molecule has 3 aromatic heterocycles. The number of aromatic nitrogens is 3. The van der Waals surface area contributed by atoms with Gasteiger partial charge in [0.25, 0.3) is 0 Å². The fraction of sp³-hybridized carbons (Fsp3) is 0. The maximum Gasteiger partial charge on any atom is 0.139 e. The Kier molecular flexibility index (Phi) is 5.28. The van der Waals surface area contributed by atoms with Crippen LogP contribution in [0, 0.1) is 0 Å². The summed E-state index contributed by atoms with van der Waals surface area (Å²) in [6, 6.07) is 58.8. The van der Waals surface area contributed by atoms with E-state index in [1.54, 1.807) is 0 Å². The van der Waals surface area contributed by atoms with Crippen LogP contribution < -0.4 is 0 Å². The van der Waals surface area contributed by atoms with Crippen LogP contribution >= 0.6 is 0 Å². The molecule has 0 unspecified atom stereocenters. The van der Waals surface area contributed by atoms with Crippen LogP contribution in [0.5, 0.6) is 0 Å². The number of hydrogen-bond acceptors (Lipinski definition) is 1. The molecule has 0 saturated heterocycles. The summed E-state index contributed by atoms with van der Waals surface area (Å²) in [5, 5.41) is 3.69. The highest BCUT2D eigenvalue weighted by atomic mass is 15.2. The van der Waals surface area contributed by atoms with Gasteiger partial charge in [-0.05, 0) is 64.2 Å². The fourth-order valence-corrected chi connectivity index (χ4v) is 7.59. The molecule has 3 nitrogen and oxygen atoms in total. The monoisotopic (exact) mass is 585 g/mol. The van der Waals surface area contributed by atoms with E-state index in [0.717, 1.165) is 39.5 Å². The molecule has 0 saturated carbocycles. The smallest absolute Gasteiger partial charge is 0.139 e.